The van der Waals surface area contributed by atoms with Gasteiger partial charge in [0.2, 0.25) is 0 Å². The maximum Gasteiger partial charge on any atom is 0.309 e. The third-order valence-corrected chi connectivity index (χ3v) is 5.64. The van der Waals surface area contributed by atoms with E-state index < -0.39 is 5.97 Å². The summed E-state index contributed by atoms with van der Waals surface area (Å²) in [5, 5.41) is 8.69. The second kappa shape index (κ2) is 24.5. The predicted octanol–water partition coefficient (Wildman–Crippen LogP) is 6.55. The SMILES string of the molecule is CCCCCCOCCOC(=O)C(CCCCCCCC(=O)O)CCOCCCCCC. The zero-order valence-electron chi connectivity index (χ0n) is 20.9. The number of carbonyl (C=O) groups is 2. The lowest BCUT2D eigenvalue weighted by atomic mass is 9.97. The van der Waals surface area contributed by atoms with Crippen molar-refractivity contribution in [3.05, 3.63) is 0 Å². The molecule has 0 aromatic heterocycles. The first-order valence-corrected chi connectivity index (χ1v) is 13.2. The first-order valence-electron chi connectivity index (χ1n) is 13.2. The maximum atomic E-state index is 12.6. The van der Waals surface area contributed by atoms with Crippen molar-refractivity contribution < 1.29 is 28.9 Å². The Bertz CT molecular complexity index is 427. The van der Waals surface area contributed by atoms with Crippen LogP contribution in [0.5, 0.6) is 0 Å². The molecular formula is C26H50O6. The first kappa shape index (κ1) is 30.9. The van der Waals surface area contributed by atoms with Gasteiger partial charge >= 0.3 is 11.9 Å². The molecule has 0 aromatic rings. The molecule has 0 aromatic carbocycles. The zero-order chi connectivity index (χ0) is 23.7. The molecule has 1 unspecified atom stereocenters. The van der Waals surface area contributed by atoms with E-state index in [4.69, 9.17) is 19.3 Å². The number of carbonyl (C=O) groups excluding carboxylic acids is 1. The lowest BCUT2D eigenvalue weighted by Gasteiger charge is -2.16. The van der Waals surface area contributed by atoms with E-state index in [0.717, 1.165) is 64.6 Å². The van der Waals surface area contributed by atoms with E-state index in [1.165, 1.54) is 38.5 Å². The van der Waals surface area contributed by atoms with Crippen molar-refractivity contribution in [2.24, 2.45) is 5.92 Å². The lowest BCUT2D eigenvalue weighted by molar-refractivity contribution is -0.151. The smallest absolute Gasteiger partial charge is 0.309 e. The molecule has 0 aliphatic heterocycles. The quantitative estimate of drug-likeness (QED) is 0.123. The second-order valence-electron chi connectivity index (χ2n) is 8.70. The fourth-order valence-electron chi connectivity index (χ4n) is 3.59. The van der Waals surface area contributed by atoms with Crippen LogP contribution in [0.4, 0.5) is 0 Å². The fourth-order valence-corrected chi connectivity index (χ4v) is 3.59. The summed E-state index contributed by atoms with van der Waals surface area (Å²) in [5.74, 6) is -0.998. The largest absolute Gasteiger partial charge is 0.481 e. The first-order chi connectivity index (χ1) is 15.6. The van der Waals surface area contributed by atoms with Crippen molar-refractivity contribution in [1.82, 2.24) is 0 Å². The number of aliphatic carboxylic acids is 1. The molecule has 0 fully saturated rings. The molecule has 6 nitrogen and oxygen atoms in total. The summed E-state index contributed by atoms with van der Waals surface area (Å²) in [5.41, 5.74) is 0. The van der Waals surface area contributed by atoms with Crippen LogP contribution in [0.25, 0.3) is 0 Å². The number of carboxylic acids is 1. The van der Waals surface area contributed by atoms with Gasteiger partial charge in [0.05, 0.1) is 12.5 Å². The Morgan fingerprint density at radius 1 is 0.625 bits per heavy atom. The fraction of sp³-hybridized carbons (Fsp3) is 0.923. The Labute approximate surface area is 196 Å². The van der Waals surface area contributed by atoms with Gasteiger partial charge in [-0.1, -0.05) is 78.1 Å². The summed E-state index contributed by atoms with van der Waals surface area (Å²) in [4.78, 5) is 23.1. The highest BCUT2D eigenvalue weighted by molar-refractivity contribution is 5.72. The van der Waals surface area contributed by atoms with Gasteiger partial charge in [0.15, 0.2) is 0 Å². The third-order valence-electron chi connectivity index (χ3n) is 5.64. The Morgan fingerprint density at radius 2 is 1.19 bits per heavy atom. The van der Waals surface area contributed by atoms with Gasteiger partial charge in [-0.3, -0.25) is 9.59 Å². The van der Waals surface area contributed by atoms with Crippen LogP contribution in [-0.2, 0) is 23.8 Å². The van der Waals surface area contributed by atoms with E-state index in [2.05, 4.69) is 13.8 Å². The maximum absolute atomic E-state index is 12.6. The van der Waals surface area contributed by atoms with E-state index >= 15 is 0 Å². The van der Waals surface area contributed by atoms with E-state index in [0.29, 0.717) is 26.2 Å². The zero-order valence-corrected chi connectivity index (χ0v) is 20.9. The number of hydrogen-bond donors (Lipinski definition) is 1. The minimum atomic E-state index is -0.729. The number of carboxylic acid groups (broad SMARTS) is 1. The molecule has 0 radical (unpaired) electrons. The average Bonchev–Trinajstić information content (AvgIpc) is 2.77. The van der Waals surface area contributed by atoms with Gasteiger partial charge in [0.1, 0.15) is 6.61 Å². The van der Waals surface area contributed by atoms with Crippen molar-refractivity contribution >= 4 is 11.9 Å². The molecule has 0 heterocycles. The molecule has 1 N–H and O–H groups in total. The number of ether oxygens (including phenoxy) is 3. The standard InChI is InChI=1S/C26H50O6/c1-3-5-7-14-19-30-21-18-24(16-12-10-9-11-13-17-25(27)28)26(29)32-23-22-31-20-15-8-6-4-2/h24H,3-23H2,1-2H3,(H,27,28). The highest BCUT2D eigenvalue weighted by atomic mass is 16.6. The molecule has 0 saturated carbocycles. The molecule has 6 heteroatoms. The van der Waals surface area contributed by atoms with Gasteiger partial charge in [0.25, 0.3) is 0 Å². The number of hydrogen-bond acceptors (Lipinski definition) is 5. The average molecular weight is 459 g/mol. The van der Waals surface area contributed by atoms with Crippen molar-refractivity contribution in [3.63, 3.8) is 0 Å². The molecule has 0 saturated heterocycles. The minimum Gasteiger partial charge on any atom is -0.481 e. The van der Waals surface area contributed by atoms with E-state index in [1.54, 1.807) is 0 Å². The molecule has 0 aliphatic carbocycles. The Kier molecular flexibility index (Phi) is 23.6. The highest BCUT2D eigenvalue weighted by Crippen LogP contribution is 2.17. The van der Waals surface area contributed by atoms with Crippen molar-refractivity contribution in [3.8, 4) is 0 Å². The summed E-state index contributed by atoms with van der Waals surface area (Å²) < 4.78 is 16.8. The number of rotatable bonds is 25. The Balaban J connectivity index is 4.07. The van der Waals surface area contributed by atoms with Gasteiger partial charge in [-0.05, 0) is 32.1 Å². The van der Waals surface area contributed by atoms with Crippen LogP contribution in [-0.4, -0.2) is 50.1 Å². The van der Waals surface area contributed by atoms with Crippen LogP contribution in [0.15, 0.2) is 0 Å². The summed E-state index contributed by atoms with van der Waals surface area (Å²) in [6.07, 6.45) is 15.8. The van der Waals surface area contributed by atoms with E-state index in [1.807, 2.05) is 0 Å². The molecule has 0 rings (SSSR count). The lowest BCUT2D eigenvalue weighted by Crippen LogP contribution is -2.22. The van der Waals surface area contributed by atoms with Crippen LogP contribution in [0.2, 0.25) is 0 Å². The minimum absolute atomic E-state index is 0.130. The van der Waals surface area contributed by atoms with Crippen LogP contribution < -0.4 is 0 Å². The molecule has 0 aliphatic rings. The predicted molar refractivity (Wildman–Crippen MR) is 129 cm³/mol. The summed E-state index contributed by atoms with van der Waals surface area (Å²) >= 11 is 0. The Morgan fingerprint density at radius 3 is 1.81 bits per heavy atom. The van der Waals surface area contributed by atoms with Crippen molar-refractivity contribution in [2.45, 2.75) is 117 Å². The van der Waals surface area contributed by atoms with Crippen molar-refractivity contribution in [2.75, 3.05) is 33.0 Å². The Hall–Kier alpha value is -1.14. The summed E-state index contributed by atoms with van der Waals surface area (Å²) in [6.45, 7) is 7.25. The number of unbranched alkanes of at least 4 members (excludes halogenated alkanes) is 10. The third kappa shape index (κ3) is 22.1. The van der Waals surface area contributed by atoms with Gasteiger partial charge in [-0.2, -0.15) is 0 Å². The van der Waals surface area contributed by atoms with Crippen LogP contribution >= 0.6 is 0 Å². The molecule has 1 atom stereocenters. The van der Waals surface area contributed by atoms with Gasteiger partial charge in [0, 0.05) is 26.2 Å². The monoisotopic (exact) mass is 458 g/mol. The normalized spacial score (nSPS) is 12.1. The van der Waals surface area contributed by atoms with E-state index in [9.17, 15) is 9.59 Å². The molecule has 190 valence electrons. The van der Waals surface area contributed by atoms with E-state index in [-0.39, 0.29) is 18.3 Å². The van der Waals surface area contributed by atoms with Gasteiger partial charge in [-0.25, -0.2) is 0 Å². The highest BCUT2D eigenvalue weighted by Gasteiger charge is 2.19. The second-order valence-corrected chi connectivity index (χ2v) is 8.70. The van der Waals surface area contributed by atoms with Gasteiger partial charge in [-0.15, -0.1) is 0 Å². The molecule has 32 heavy (non-hydrogen) atoms. The van der Waals surface area contributed by atoms with Gasteiger partial charge < -0.3 is 19.3 Å². The number of esters is 1. The van der Waals surface area contributed by atoms with Crippen molar-refractivity contribution in [1.29, 1.82) is 0 Å². The van der Waals surface area contributed by atoms with Crippen LogP contribution in [0, 0.1) is 5.92 Å². The van der Waals surface area contributed by atoms with Crippen LogP contribution in [0.3, 0.4) is 0 Å². The summed E-state index contributed by atoms with van der Waals surface area (Å²) in [7, 11) is 0. The molecule has 0 bridgehead atoms. The molecular weight excluding hydrogens is 408 g/mol. The summed E-state index contributed by atoms with van der Waals surface area (Å²) in [6, 6.07) is 0. The topological polar surface area (TPSA) is 82.1 Å². The molecule has 0 spiro atoms. The molecule has 0 amide bonds. The van der Waals surface area contributed by atoms with Crippen LogP contribution in [0.1, 0.15) is 117 Å².